The quantitative estimate of drug-likeness (QED) is 0.828. The van der Waals surface area contributed by atoms with Crippen LogP contribution < -0.4 is 5.32 Å². The first-order valence-corrected chi connectivity index (χ1v) is 7.67. The molecule has 3 nitrogen and oxygen atoms in total. The van der Waals surface area contributed by atoms with E-state index in [2.05, 4.69) is 61.4 Å². The Kier molecular flexibility index (Phi) is 4.81. The number of aromatic nitrogens is 1. The van der Waals surface area contributed by atoms with Gasteiger partial charge in [-0.05, 0) is 38.5 Å². The molecule has 1 aromatic heterocycles. The monoisotopic (exact) mass is 386 g/mol. The molecule has 0 spiro atoms. The zero-order valence-corrected chi connectivity index (χ0v) is 14.3. The van der Waals surface area contributed by atoms with E-state index in [1.54, 1.807) is 0 Å². The van der Waals surface area contributed by atoms with Crippen molar-refractivity contribution in [2.75, 3.05) is 0 Å². The third-order valence-electron chi connectivity index (χ3n) is 3.20. The predicted octanol–water partition coefficient (Wildman–Crippen LogP) is 4.67. The van der Waals surface area contributed by atoms with Gasteiger partial charge in [-0.1, -0.05) is 43.1 Å². The summed E-state index contributed by atoms with van der Waals surface area (Å²) in [7, 11) is 0. The Morgan fingerprint density at radius 3 is 2.63 bits per heavy atom. The second kappa shape index (κ2) is 6.20. The van der Waals surface area contributed by atoms with Crippen LogP contribution in [0.1, 0.15) is 35.5 Å². The Labute approximate surface area is 130 Å². The molecule has 1 atom stereocenters. The smallest absolute Gasteiger partial charge is 0.138 e. The fraction of sp³-hybridized carbons (Fsp3) is 0.357. The molecule has 5 heteroatoms. The van der Waals surface area contributed by atoms with Crippen molar-refractivity contribution in [1.82, 2.24) is 10.5 Å². The summed E-state index contributed by atoms with van der Waals surface area (Å²) in [5.74, 6) is 0.882. The molecule has 102 valence electrons. The lowest BCUT2D eigenvalue weighted by atomic mass is 10.1. The number of aryl methyl sites for hydroxylation is 2. The summed E-state index contributed by atoms with van der Waals surface area (Å²) in [6, 6.07) is 6.47. The van der Waals surface area contributed by atoms with Crippen molar-refractivity contribution in [3.63, 3.8) is 0 Å². The van der Waals surface area contributed by atoms with Gasteiger partial charge in [0.25, 0.3) is 0 Å². The number of halogens is 2. The van der Waals surface area contributed by atoms with Crippen LogP contribution in [0.3, 0.4) is 0 Å². The molecule has 0 saturated carbocycles. The molecule has 1 unspecified atom stereocenters. The number of benzene rings is 1. The molecule has 0 radical (unpaired) electrons. The van der Waals surface area contributed by atoms with Crippen LogP contribution in [-0.4, -0.2) is 5.16 Å². The summed E-state index contributed by atoms with van der Waals surface area (Å²) in [5, 5.41) is 7.46. The van der Waals surface area contributed by atoms with Gasteiger partial charge in [-0.15, -0.1) is 0 Å². The van der Waals surface area contributed by atoms with Gasteiger partial charge in [0.15, 0.2) is 0 Å². The van der Waals surface area contributed by atoms with Gasteiger partial charge in [0.05, 0.1) is 5.69 Å². The topological polar surface area (TPSA) is 38.1 Å². The Hall–Kier alpha value is -0.650. The van der Waals surface area contributed by atoms with Crippen LogP contribution in [0.5, 0.6) is 0 Å². The van der Waals surface area contributed by atoms with Gasteiger partial charge in [0.2, 0.25) is 0 Å². The summed E-state index contributed by atoms with van der Waals surface area (Å²) >= 11 is 7.06. The van der Waals surface area contributed by atoms with Crippen molar-refractivity contribution in [1.29, 1.82) is 0 Å². The molecule has 0 aliphatic carbocycles. The van der Waals surface area contributed by atoms with E-state index in [1.807, 2.05) is 19.9 Å². The Morgan fingerprint density at radius 1 is 1.32 bits per heavy atom. The zero-order chi connectivity index (χ0) is 14.0. The van der Waals surface area contributed by atoms with Crippen molar-refractivity contribution in [3.8, 4) is 0 Å². The van der Waals surface area contributed by atoms with Gasteiger partial charge in [-0.3, -0.25) is 0 Å². The zero-order valence-electron chi connectivity index (χ0n) is 11.1. The molecule has 0 fully saturated rings. The largest absolute Gasteiger partial charge is 0.361 e. The second-order valence-electron chi connectivity index (χ2n) is 4.57. The molecule has 2 aromatic rings. The second-order valence-corrected chi connectivity index (χ2v) is 6.34. The first-order valence-electron chi connectivity index (χ1n) is 6.09. The first kappa shape index (κ1) is 14.8. The summed E-state index contributed by atoms with van der Waals surface area (Å²) in [6.45, 7) is 6.81. The van der Waals surface area contributed by atoms with Gasteiger partial charge in [0, 0.05) is 27.1 Å². The predicted molar refractivity (Wildman–Crippen MR) is 83.1 cm³/mol. The molecular weight excluding hydrogens is 372 g/mol. The molecule has 0 amide bonds. The molecule has 1 heterocycles. The van der Waals surface area contributed by atoms with Crippen molar-refractivity contribution >= 4 is 31.9 Å². The van der Waals surface area contributed by atoms with Crippen molar-refractivity contribution in [3.05, 3.63) is 49.7 Å². The molecule has 0 bridgehead atoms. The van der Waals surface area contributed by atoms with Crippen molar-refractivity contribution in [2.45, 2.75) is 33.4 Å². The number of rotatable bonds is 4. The first-order chi connectivity index (χ1) is 8.99. The van der Waals surface area contributed by atoms with Crippen LogP contribution >= 0.6 is 31.9 Å². The molecule has 0 aliphatic rings. The Bertz CT molecular complexity index is 561. The third kappa shape index (κ3) is 3.46. The summed E-state index contributed by atoms with van der Waals surface area (Å²) in [5.41, 5.74) is 3.32. The van der Waals surface area contributed by atoms with E-state index in [0.29, 0.717) is 0 Å². The van der Waals surface area contributed by atoms with Gasteiger partial charge >= 0.3 is 0 Å². The summed E-state index contributed by atoms with van der Waals surface area (Å²) in [6.07, 6.45) is 0. The lowest BCUT2D eigenvalue weighted by Gasteiger charge is -2.16. The highest BCUT2D eigenvalue weighted by molar-refractivity contribution is 9.11. The number of nitrogens with one attached hydrogen (secondary N) is 1. The van der Waals surface area contributed by atoms with Crippen molar-refractivity contribution in [2.24, 2.45) is 0 Å². The minimum absolute atomic E-state index is 0.246. The van der Waals surface area contributed by atoms with Crippen LogP contribution in [-0.2, 0) is 6.54 Å². The maximum atomic E-state index is 5.17. The average molecular weight is 388 g/mol. The van der Waals surface area contributed by atoms with Gasteiger partial charge < -0.3 is 9.84 Å². The molecule has 2 rings (SSSR count). The molecule has 1 N–H and O–H groups in total. The highest BCUT2D eigenvalue weighted by atomic mass is 79.9. The standard InChI is InChI=1S/C14H16Br2N2O/c1-8(12-5-4-11(15)6-14(12)16)17-7-13-9(2)18-19-10(13)3/h4-6,8,17H,7H2,1-3H3. The number of nitrogens with zero attached hydrogens (tertiary/aromatic N) is 1. The van der Waals surface area contributed by atoms with E-state index < -0.39 is 0 Å². The van der Waals surface area contributed by atoms with Crippen LogP contribution in [0, 0.1) is 13.8 Å². The summed E-state index contributed by atoms with van der Waals surface area (Å²) < 4.78 is 7.34. The average Bonchev–Trinajstić information content (AvgIpc) is 2.66. The fourth-order valence-corrected chi connectivity index (χ4v) is 3.36. The lowest BCUT2D eigenvalue weighted by molar-refractivity contribution is 0.391. The van der Waals surface area contributed by atoms with Gasteiger partial charge in [-0.25, -0.2) is 0 Å². The molecule has 0 saturated heterocycles. The summed E-state index contributed by atoms with van der Waals surface area (Å²) in [4.78, 5) is 0. The maximum absolute atomic E-state index is 5.17. The molecule has 0 aliphatic heterocycles. The Morgan fingerprint density at radius 2 is 2.05 bits per heavy atom. The van der Waals surface area contributed by atoms with E-state index in [0.717, 1.165) is 32.5 Å². The molecular formula is C14H16Br2N2O. The lowest BCUT2D eigenvalue weighted by Crippen LogP contribution is -2.19. The minimum atomic E-state index is 0.246. The molecule has 19 heavy (non-hydrogen) atoms. The highest BCUT2D eigenvalue weighted by Crippen LogP contribution is 2.27. The highest BCUT2D eigenvalue weighted by Gasteiger charge is 2.13. The maximum Gasteiger partial charge on any atom is 0.138 e. The van der Waals surface area contributed by atoms with Crippen LogP contribution in [0.4, 0.5) is 0 Å². The van der Waals surface area contributed by atoms with Crippen LogP contribution in [0.15, 0.2) is 31.7 Å². The van der Waals surface area contributed by atoms with Crippen LogP contribution in [0.25, 0.3) is 0 Å². The SMILES string of the molecule is Cc1noc(C)c1CNC(C)c1ccc(Br)cc1Br. The van der Waals surface area contributed by atoms with E-state index >= 15 is 0 Å². The number of hydrogen-bond donors (Lipinski definition) is 1. The fourth-order valence-electron chi connectivity index (χ4n) is 1.97. The van der Waals surface area contributed by atoms with Crippen molar-refractivity contribution < 1.29 is 4.52 Å². The third-order valence-corrected chi connectivity index (χ3v) is 4.38. The van der Waals surface area contributed by atoms with Gasteiger partial charge in [0.1, 0.15) is 5.76 Å². The van der Waals surface area contributed by atoms with Gasteiger partial charge in [-0.2, -0.15) is 0 Å². The van der Waals surface area contributed by atoms with E-state index in [-0.39, 0.29) is 6.04 Å². The molecule has 1 aromatic carbocycles. The van der Waals surface area contributed by atoms with Crippen LogP contribution in [0.2, 0.25) is 0 Å². The Balaban J connectivity index is 2.07. The number of hydrogen-bond acceptors (Lipinski definition) is 3. The normalized spacial score (nSPS) is 12.7. The minimum Gasteiger partial charge on any atom is -0.361 e. The van der Waals surface area contributed by atoms with E-state index in [1.165, 1.54) is 5.56 Å². The van der Waals surface area contributed by atoms with E-state index in [9.17, 15) is 0 Å². The van der Waals surface area contributed by atoms with E-state index in [4.69, 9.17) is 4.52 Å².